The summed E-state index contributed by atoms with van der Waals surface area (Å²) in [4.78, 5) is 5.79. The first-order valence-corrected chi connectivity index (χ1v) is 5.84. The molecule has 0 aliphatic heterocycles. The average Bonchev–Trinajstić information content (AvgIpc) is 2.49. The SMILES string of the molecule is CCCc1nc(COC)sc1CS. The Labute approximate surface area is 88.7 Å². The average molecular weight is 217 g/mol. The van der Waals surface area contributed by atoms with Crippen molar-refractivity contribution in [3.8, 4) is 0 Å². The Bertz CT molecular complexity index is 260. The zero-order valence-electron chi connectivity index (χ0n) is 8.04. The largest absolute Gasteiger partial charge is 0.378 e. The van der Waals surface area contributed by atoms with Gasteiger partial charge in [0.05, 0.1) is 12.3 Å². The van der Waals surface area contributed by atoms with Crippen LogP contribution >= 0.6 is 24.0 Å². The molecule has 4 heteroatoms. The van der Waals surface area contributed by atoms with Gasteiger partial charge in [-0.05, 0) is 6.42 Å². The number of aromatic nitrogens is 1. The standard InChI is InChI=1S/C9H15NOS2/c1-3-4-7-8(6-12)13-9(10-7)5-11-2/h12H,3-6H2,1-2H3. The Balaban J connectivity index is 2.77. The number of thiol groups is 1. The highest BCUT2D eigenvalue weighted by Gasteiger charge is 2.08. The molecule has 0 radical (unpaired) electrons. The number of nitrogens with zero attached hydrogens (tertiary/aromatic N) is 1. The molecule has 1 rings (SSSR count). The highest BCUT2D eigenvalue weighted by molar-refractivity contribution is 7.79. The van der Waals surface area contributed by atoms with Crippen molar-refractivity contribution in [2.24, 2.45) is 0 Å². The summed E-state index contributed by atoms with van der Waals surface area (Å²) in [6.07, 6.45) is 2.19. The third-order valence-corrected chi connectivity index (χ3v) is 3.32. The molecule has 1 aromatic heterocycles. The summed E-state index contributed by atoms with van der Waals surface area (Å²) < 4.78 is 5.04. The Morgan fingerprint density at radius 1 is 1.54 bits per heavy atom. The molecule has 0 bridgehead atoms. The van der Waals surface area contributed by atoms with E-state index >= 15 is 0 Å². The number of hydrogen-bond acceptors (Lipinski definition) is 4. The monoisotopic (exact) mass is 217 g/mol. The van der Waals surface area contributed by atoms with Crippen LogP contribution in [0.3, 0.4) is 0 Å². The van der Waals surface area contributed by atoms with Crippen LogP contribution in [0.25, 0.3) is 0 Å². The molecule has 0 aromatic carbocycles. The van der Waals surface area contributed by atoms with Crippen molar-refractivity contribution in [1.29, 1.82) is 0 Å². The lowest BCUT2D eigenvalue weighted by Crippen LogP contribution is -1.90. The number of ether oxygens (including phenoxy) is 1. The van der Waals surface area contributed by atoms with Crippen LogP contribution in [0.1, 0.15) is 28.9 Å². The maximum Gasteiger partial charge on any atom is 0.119 e. The summed E-state index contributed by atoms with van der Waals surface area (Å²) in [5.41, 5.74) is 1.20. The minimum absolute atomic E-state index is 0.620. The van der Waals surface area contributed by atoms with E-state index in [0.29, 0.717) is 6.61 Å². The highest BCUT2D eigenvalue weighted by atomic mass is 32.1. The lowest BCUT2D eigenvalue weighted by Gasteiger charge is -1.94. The molecule has 13 heavy (non-hydrogen) atoms. The number of hydrogen-bond donors (Lipinski definition) is 1. The molecule has 1 heterocycles. The summed E-state index contributed by atoms with van der Waals surface area (Å²) in [7, 11) is 1.70. The van der Waals surface area contributed by atoms with Crippen LogP contribution in [0.5, 0.6) is 0 Å². The molecule has 0 saturated heterocycles. The van der Waals surface area contributed by atoms with Crippen molar-refractivity contribution in [2.75, 3.05) is 7.11 Å². The van der Waals surface area contributed by atoms with E-state index < -0.39 is 0 Å². The molecule has 0 N–H and O–H groups in total. The molecule has 0 fully saturated rings. The van der Waals surface area contributed by atoms with E-state index in [1.165, 1.54) is 10.6 Å². The molecule has 0 atom stereocenters. The van der Waals surface area contributed by atoms with Gasteiger partial charge in [0.2, 0.25) is 0 Å². The molecule has 0 spiro atoms. The molecule has 0 saturated carbocycles. The van der Waals surface area contributed by atoms with Gasteiger partial charge in [0.15, 0.2) is 0 Å². The van der Waals surface area contributed by atoms with Gasteiger partial charge >= 0.3 is 0 Å². The topological polar surface area (TPSA) is 22.1 Å². The third-order valence-electron chi connectivity index (χ3n) is 1.72. The van der Waals surface area contributed by atoms with Crippen LogP contribution in [0.4, 0.5) is 0 Å². The fourth-order valence-electron chi connectivity index (χ4n) is 1.18. The zero-order chi connectivity index (χ0) is 9.68. The van der Waals surface area contributed by atoms with Gasteiger partial charge < -0.3 is 4.74 Å². The quantitative estimate of drug-likeness (QED) is 0.766. The van der Waals surface area contributed by atoms with Crippen molar-refractivity contribution >= 4 is 24.0 Å². The first-order chi connectivity index (χ1) is 6.31. The second-order valence-corrected chi connectivity index (χ2v) is 4.30. The molecule has 2 nitrogen and oxygen atoms in total. The fourth-order valence-corrected chi connectivity index (χ4v) is 2.50. The van der Waals surface area contributed by atoms with Crippen LogP contribution in [0, 0.1) is 0 Å². The van der Waals surface area contributed by atoms with Crippen LogP contribution in [0.2, 0.25) is 0 Å². The maximum atomic E-state index is 5.04. The van der Waals surface area contributed by atoms with E-state index in [1.54, 1.807) is 18.4 Å². The second kappa shape index (κ2) is 5.62. The van der Waals surface area contributed by atoms with Crippen molar-refractivity contribution in [2.45, 2.75) is 32.1 Å². The number of thiazole rings is 1. The third kappa shape index (κ3) is 2.97. The Kier molecular flexibility index (Phi) is 4.77. The second-order valence-electron chi connectivity index (χ2n) is 2.82. The minimum Gasteiger partial charge on any atom is -0.378 e. The van der Waals surface area contributed by atoms with E-state index in [9.17, 15) is 0 Å². The van der Waals surface area contributed by atoms with E-state index in [2.05, 4.69) is 24.5 Å². The van der Waals surface area contributed by atoms with Gasteiger partial charge in [-0.15, -0.1) is 11.3 Å². The van der Waals surface area contributed by atoms with Gasteiger partial charge in [0.1, 0.15) is 5.01 Å². The predicted octanol–water partition coefficient (Wildman–Crippen LogP) is 2.67. The van der Waals surface area contributed by atoms with Gasteiger partial charge in [-0.25, -0.2) is 4.98 Å². The normalized spacial score (nSPS) is 10.7. The first-order valence-electron chi connectivity index (χ1n) is 4.39. The van der Waals surface area contributed by atoms with Crippen LogP contribution in [-0.4, -0.2) is 12.1 Å². The Morgan fingerprint density at radius 3 is 2.85 bits per heavy atom. The molecule has 0 aliphatic rings. The molecule has 0 amide bonds. The molecule has 0 unspecified atom stereocenters. The van der Waals surface area contributed by atoms with Crippen LogP contribution in [-0.2, 0) is 23.5 Å². The van der Waals surface area contributed by atoms with Gasteiger partial charge in [0, 0.05) is 17.7 Å². The minimum atomic E-state index is 0.620. The Hall–Kier alpha value is -0.0600. The number of methoxy groups -OCH3 is 1. The summed E-state index contributed by atoms with van der Waals surface area (Å²) in [6, 6.07) is 0. The molecule has 0 aliphatic carbocycles. The van der Waals surface area contributed by atoms with E-state index in [0.717, 1.165) is 23.6 Å². The molecule has 1 aromatic rings. The predicted molar refractivity (Wildman–Crippen MR) is 59.5 cm³/mol. The number of rotatable bonds is 5. The van der Waals surface area contributed by atoms with Crippen LogP contribution in [0.15, 0.2) is 0 Å². The van der Waals surface area contributed by atoms with Crippen molar-refractivity contribution in [1.82, 2.24) is 4.98 Å². The van der Waals surface area contributed by atoms with Crippen LogP contribution < -0.4 is 0 Å². The highest BCUT2D eigenvalue weighted by Crippen LogP contribution is 2.22. The molecular formula is C9H15NOS2. The van der Waals surface area contributed by atoms with E-state index in [-0.39, 0.29) is 0 Å². The van der Waals surface area contributed by atoms with Crippen molar-refractivity contribution in [3.63, 3.8) is 0 Å². The number of aryl methyl sites for hydroxylation is 1. The smallest absolute Gasteiger partial charge is 0.119 e. The summed E-state index contributed by atoms with van der Waals surface area (Å²) >= 11 is 6.00. The lowest BCUT2D eigenvalue weighted by molar-refractivity contribution is 0.184. The van der Waals surface area contributed by atoms with E-state index in [1.807, 2.05) is 0 Å². The molecular weight excluding hydrogens is 202 g/mol. The summed E-state index contributed by atoms with van der Waals surface area (Å²) in [5.74, 6) is 0.788. The van der Waals surface area contributed by atoms with E-state index in [4.69, 9.17) is 4.74 Å². The van der Waals surface area contributed by atoms with Gasteiger partial charge in [-0.3, -0.25) is 0 Å². The van der Waals surface area contributed by atoms with Gasteiger partial charge in [-0.1, -0.05) is 13.3 Å². The maximum absolute atomic E-state index is 5.04. The van der Waals surface area contributed by atoms with Crippen molar-refractivity contribution in [3.05, 3.63) is 15.6 Å². The van der Waals surface area contributed by atoms with Crippen molar-refractivity contribution < 1.29 is 4.74 Å². The Morgan fingerprint density at radius 2 is 2.31 bits per heavy atom. The van der Waals surface area contributed by atoms with Gasteiger partial charge in [-0.2, -0.15) is 12.6 Å². The lowest BCUT2D eigenvalue weighted by atomic mass is 10.2. The summed E-state index contributed by atoms with van der Waals surface area (Å²) in [5, 5.41) is 1.06. The molecule has 74 valence electrons. The first kappa shape index (κ1) is 11.0. The summed E-state index contributed by atoms with van der Waals surface area (Å²) in [6.45, 7) is 2.78. The van der Waals surface area contributed by atoms with Gasteiger partial charge in [0.25, 0.3) is 0 Å². The fraction of sp³-hybridized carbons (Fsp3) is 0.667. The zero-order valence-corrected chi connectivity index (χ0v) is 9.75.